The molecule has 1 radical (unpaired) electrons. The van der Waals surface area contributed by atoms with Crippen LogP contribution >= 0.6 is 0 Å². The zero-order chi connectivity index (χ0) is 22.3. The molecule has 3 saturated heterocycles. The van der Waals surface area contributed by atoms with Crippen molar-refractivity contribution in [2.45, 2.75) is 95.5 Å². The Balaban J connectivity index is 1.49. The lowest BCUT2D eigenvalue weighted by molar-refractivity contribution is -0.359. The molecule has 0 amide bonds. The predicted octanol–water partition coefficient (Wildman–Crippen LogP) is 4.84. The van der Waals surface area contributed by atoms with Crippen molar-refractivity contribution in [1.82, 2.24) is 5.06 Å². The normalized spacial score (nSPS) is 32.8. The van der Waals surface area contributed by atoms with Gasteiger partial charge >= 0.3 is 0 Å². The molecule has 3 aliphatic heterocycles. The van der Waals surface area contributed by atoms with Gasteiger partial charge in [0.05, 0.1) is 24.9 Å². The van der Waals surface area contributed by atoms with Crippen LogP contribution in [0.15, 0.2) is 24.3 Å². The van der Waals surface area contributed by atoms with Crippen molar-refractivity contribution >= 4 is 0 Å². The Hall–Kier alpha value is -1.18. The van der Waals surface area contributed by atoms with E-state index in [-0.39, 0.29) is 29.4 Å². The maximum Gasteiger partial charge on any atom is 0.172 e. The fourth-order valence-corrected chi connectivity index (χ4v) is 5.26. The minimum Gasteiger partial charge on any atom is -0.491 e. The number of rotatable bonds is 8. The lowest BCUT2D eigenvalue weighted by Crippen LogP contribution is -2.67. The molecule has 3 aliphatic rings. The Bertz CT molecular complexity index is 743. The highest BCUT2D eigenvalue weighted by Gasteiger charge is 2.59. The zero-order valence-electron chi connectivity index (χ0n) is 19.7. The number of piperidine rings is 1. The van der Waals surface area contributed by atoms with Crippen molar-refractivity contribution in [1.29, 1.82) is 0 Å². The number of epoxide rings is 1. The van der Waals surface area contributed by atoms with Gasteiger partial charge in [-0.2, -0.15) is 5.06 Å². The molecule has 31 heavy (non-hydrogen) atoms. The van der Waals surface area contributed by atoms with Crippen molar-refractivity contribution in [3.8, 4) is 5.75 Å². The van der Waals surface area contributed by atoms with Gasteiger partial charge in [-0.25, -0.2) is 0 Å². The maximum atomic E-state index is 6.71. The third-order valence-electron chi connectivity index (χ3n) is 6.96. The molecular formula is C25H38NO5. The molecule has 6 nitrogen and oxygen atoms in total. The van der Waals surface area contributed by atoms with Crippen molar-refractivity contribution in [2.24, 2.45) is 0 Å². The number of hydrogen-bond acceptors (Lipinski definition) is 6. The van der Waals surface area contributed by atoms with E-state index >= 15 is 0 Å². The van der Waals surface area contributed by atoms with Crippen LogP contribution in [-0.4, -0.2) is 54.0 Å². The van der Waals surface area contributed by atoms with E-state index in [9.17, 15) is 0 Å². The van der Waals surface area contributed by atoms with Crippen LogP contribution in [0.1, 0.15) is 72.0 Å². The minimum absolute atomic E-state index is 0.0855. The summed E-state index contributed by atoms with van der Waals surface area (Å²) in [4.78, 5) is 6.71. The Morgan fingerprint density at radius 2 is 1.81 bits per heavy atom. The SMILES string of the molecule is [CH2]C1COC2(CC(C)(C)N(OC(C)c3ccc(OCC4CO4)cc3)C(CC)(CC)C2)O1. The van der Waals surface area contributed by atoms with E-state index in [2.05, 4.69) is 58.7 Å². The molecule has 0 saturated carbocycles. The Morgan fingerprint density at radius 1 is 1.13 bits per heavy atom. The number of ether oxygens (including phenoxy) is 4. The minimum atomic E-state index is -0.574. The molecule has 4 atom stereocenters. The van der Waals surface area contributed by atoms with E-state index in [4.69, 9.17) is 23.8 Å². The summed E-state index contributed by atoms with van der Waals surface area (Å²) in [6, 6.07) is 8.19. The predicted molar refractivity (Wildman–Crippen MR) is 119 cm³/mol. The summed E-state index contributed by atoms with van der Waals surface area (Å²) in [7, 11) is 0. The third kappa shape index (κ3) is 4.79. The highest BCUT2D eigenvalue weighted by Crippen LogP contribution is 2.51. The first kappa shape index (κ1) is 23.0. The van der Waals surface area contributed by atoms with Crippen LogP contribution in [0.5, 0.6) is 5.75 Å². The molecule has 1 aromatic rings. The molecule has 1 aromatic carbocycles. The smallest absolute Gasteiger partial charge is 0.172 e. The van der Waals surface area contributed by atoms with Crippen LogP contribution in [0.25, 0.3) is 0 Å². The summed E-state index contributed by atoms with van der Waals surface area (Å²) in [5.41, 5.74) is 0.696. The fourth-order valence-electron chi connectivity index (χ4n) is 5.26. The van der Waals surface area contributed by atoms with Gasteiger partial charge in [0.1, 0.15) is 24.6 Å². The van der Waals surface area contributed by atoms with Gasteiger partial charge in [-0.1, -0.05) is 26.0 Å². The van der Waals surface area contributed by atoms with Crippen molar-refractivity contribution in [3.05, 3.63) is 36.8 Å². The fraction of sp³-hybridized carbons (Fsp3) is 0.720. The van der Waals surface area contributed by atoms with Crippen LogP contribution in [-0.2, 0) is 19.0 Å². The van der Waals surface area contributed by atoms with Gasteiger partial charge in [0.25, 0.3) is 0 Å². The molecule has 0 aliphatic carbocycles. The second-order valence-corrected chi connectivity index (χ2v) is 9.94. The van der Waals surface area contributed by atoms with E-state index < -0.39 is 5.79 Å². The van der Waals surface area contributed by atoms with Gasteiger partial charge in [-0.15, -0.1) is 0 Å². The summed E-state index contributed by atoms with van der Waals surface area (Å²) in [5.74, 6) is 0.288. The van der Waals surface area contributed by atoms with Gasteiger partial charge in [-0.05, 0) is 58.2 Å². The molecule has 0 N–H and O–H groups in total. The van der Waals surface area contributed by atoms with Crippen LogP contribution in [0.2, 0.25) is 0 Å². The summed E-state index contributed by atoms with van der Waals surface area (Å²) < 4.78 is 23.4. The van der Waals surface area contributed by atoms with Crippen LogP contribution in [0.4, 0.5) is 0 Å². The van der Waals surface area contributed by atoms with Gasteiger partial charge in [0.2, 0.25) is 0 Å². The van der Waals surface area contributed by atoms with Crippen molar-refractivity contribution in [3.63, 3.8) is 0 Å². The highest BCUT2D eigenvalue weighted by molar-refractivity contribution is 5.28. The van der Waals surface area contributed by atoms with Crippen molar-refractivity contribution in [2.75, 3.05) is 19.8 Å². The first-order valence-electron chi connectivity index (χ1n) is 11.7. The zero-order valence-corrected chi connectivity index (χ0v) is 19.7. The van der Waals surface area contributed by atoms with Gasteiger partial charge in [-0.3, -0.25) is 4.84 Å². The van der Waals surface area contributed by atoms with E-state index in [1.807, 2.05) is 12.1 Å². The van der Waals surface area contributed by atoms with Gasteiger partial charge < -0.3 is 18.9 Å². The number of nitrogens with zero attached hydrogens (tertiary/aromatic N) is 1. The Morgan fingerprint density at radius 3 is 2.35 bits per heavy atom. The Labute approximate surface area is 187 Å². The molecule has 173 valence electrons. The summed E-state index contributed by atoms with van der Waals surface area (Å²) >= 11 is 0. The molecule has 4 unspecified atom stereocenters. The molecule has 1 spiro atoms. The van der Waals surface area contributed by atoms with Crippen LogP contribution < -0.4 is 4.74 Å². The summed E-state index contributed by atoms with van der Waals surface area (Å²) in [5, 5.41) is 2.24. The second kappa shape index (κ2) is 8.64. The van der Waals surface area contributed by atoms with Crippen LogP contribution in [0, 0.1) is 6.92 Å². The summed E-state index contributed by atoms with van der Waals surface area (Å²) in [6.45, 7) is 17.0. The van der Waals surface area contributed by atoms with E-state index in [0.29, 0.717) is 13.2 Å². The number of benzene rings is 1. The second-order valence-electron chi connectivity index (χ2n) is 9.94. The van der Waals surface area contributed by atoms with Crippen LogP contribution in [0.3, 0.4) is 0 Å². The lowest BCUT2D eigenvalue weighted by atomic mass is 9.73. The summed E-state index contributed by atoms with van der Waals surface area (Å²) in [6.07, 6.45) is 3.49. The van der Waals surface area contributed by atoms with Crippen molar-refractivity contribution < 1.29 is 23.8 Å². The first-order chi connectivity index (χ1) is 14.7. The average Bonchev–Trinajstić information content (AvgIpc) is 3.51. The average molecular weight is 433 g/mol. The van der Waals surface area contributed by atoms with Gasteiger partial charge in [0.15, 0.2) is 5.79 Å². The topological polar surface area (TPSA) is 52.7 Å². The van der Waals surface area contributed by atoms with E-state index in [0.717, 1.165) is 43.6 Å². The lowest BCUT2D eigenvalue weighted by Gasteiger charge is -2.59. The molecule has 4 rings (SSSR count). The Kier molecular flexibility index (Phi) is 6.41. The molecular weight excluding hydrogens is 394 g/mol. The number of hydroxylamine groups is 2. The molecule has 3 fully saturated rings. The quantitative estimate of drug-likeness (QED) is 0.548. The maximum absolute atomic E-state index is 6.71. The monoisotopic (exact) mass is 432 g/mol. The molecule has 3 heterocycles. The van der Waals surface area contributed by atoms with E-state index in [1.54, 1.807) is 0 Å². The van der Waals surface area contributed by atoms with E-state index in [1.165, 1.54) is 0 Å². The van der Waals surface area contributed by atoms with Gasteiger partial charge in [0, 0.05) is 18.4 Å². The number of hydrogen-bond donors (Lipinski definition) is 0. The largest absolute Gasteiger partial charge is 0.491 e. The molecule has 0 bridgehead atoms. The third-order valence-corrected chi connectivity index (χ3v) is 6.96. The highest BCUT2D eigenvalue weighted by atomic mass is 16.7. The molecule has 6 heteroatoms. The first-order valence-corrected chi connectivity index (χ1v) is 11.7. The molecule has 0 aromatic heterocycles. The standard InChI is InChI=1S/C25H38NO5/c1-7-24(8-2)17-25(29-13-18(3)30-25)16-23(5,6)26(24)31-19(4)20-9-11-21(12-10-20)27-14-22-15-28-22/h9-12,18-19,22H,3,7-8,13-17H2,1-2,4-6H3.